The molecule has 1 N–H and O–H groups in total. The highest BCUT2D eigenvalue weighted by Crippen LogP contribution is 2.11. The number of pyridine rings is 1. The van der Waals surface area contributed by atoms with E-state index in [4.69, 9.17) is 0 Å². The standard InChI is InChI=1S/C10H12N2O3/c13-8-4-6-11(7-8)10(14)9-3-1-2-5-12(9)15/h1-3,5,8,13H,4,6-7H2/t8-/m1/s1. The minimum Gasteiger partial charge on any atom is -0.618 e. The van der Waals surface area contributed by atoms with E-state index >= 15 is 0 Å². The third-order valence-corrected chi connectivity index (χ3v) is 2.49. The van der Waals surface area contributed by atoms with Gasteiger partial charge >= 0.3 is 5.91 Å². The van der Waals surface area contributed by atoms with Gasteiger partial charge in [-0.2, -0.15) is 4.73 Å². The fraction of sp³-hybridized carbons (Fsp3) is 0.400. The first-order valence-electron chi connectivity index (χ1n) is 4.84. The minimum absolute atomic E-state index is 0.103. The van der Waals surface area contributed by atoms with Gasteiger partial charge in [0.2, 0.25) is 0 Å². The average Bonchev–Trinajstić information content (AvgIpc) is 2.65. The van der Waals surface area contributed by atoms with E-state index in [0.717, 1.165) is 0 Å². The Labute approximate surface area is 87.1 Å². The van der Waals surface area contributed by atoms with E-state index in [0.29, 0.717) is 24.2 Å². The highest BCUT2D eigenvalue weighted by Gasteiger charge is 2.29. The number of hydrogen-bond acceptors (Lipinski definition) is 3. The first-order valence-corrected chi connectivity index (χ1v) is 4.84. The lowest BCUT2D eigenvalue weighted by atomic mass is 10.3. The van der Waals surface area contributed by atoms with E-state index in [1.165, 1.54) is 17.2 Å². The van der Waals surface area contributed by atoms with Gasteiger partial charge in [-0.15, -0.1) is 0 Å². The summed E-state index contributed by atoms with van der Waals surface area (Å²) in [6.45, 7) is 0.822. The molecule has 1 amide bonds. The number of rotatable bonds is 1. The molecular weight excluding hydrogens is 196 g/mol. The van der Waals surface area contributed by atoms with Crippen molar-refractivity contribution in [2.75, 3.05) is 13.1 Å². The summed E-state index contributed by atoms with van der Waals surface area (Å²) < 4.78 is 0.549. The number of likely N-dealkylation sites (tertiary alicyclic amines) is 1. The Morgan fingerprint density at radius 1 is 1.60 bits per heavy atom. The SMILES string of the molecule is O=C(c1cccc[n+]1[O-])N1CC[C@@H](O)C1. The summed E-state index contributed by atoms with van der Waals surface area (Å²) in [4.78, 5) is 13.3. The zero-order chi connectivity index (χ0) is 10.8. The van der Waals surface area contributed by atoms with Gasteiger partial charge in [-0.25, -0.2) is 0 Å². The van der Waals surface area contributed by atoms with Crippen LogP contribution in [-0.2, 0) is 0 Å². The molecule has 1 atom stereocenters. The molecule has 0 spiro atoms. The quantitative estimate of drug-likeness (QED) is 0.501. The van der Waals surface area contributed by atoms with Gasteiger partial charge in [0, 0.05) is 25.2 Å². The molecule has 5 nitrogen and oxygen atoms in total. The number of β-amino-alcohol motifs (C(OH)–C–C–N with tert-alkyl or cyclic N) is 1. The summed E-state index contributed by atoms with van der Waals surface area (Å²) in [7, 11) is 0. The molecule has 2 rings (SSSR count). The van der Waals surface area contributed by atoms with E-state index in [2.05, 4.69) is 0 Å². The van der Waals surface area contributed by atoms with Crippen molar-refractivity contribution in [2.24, 2.45) is 0 Å². The lowest BCUT2D eigenvalue weighted by molar-refractivity contribution is -0.608. The van der Waals surface area contributed by atoms with Crippen molar-refractivity contribution in [2.45, 2.75) is 12.5 Å². The maximum absolute atomic E-state index is 11.8. The minimum atomic E-state index is -0.460. The first kappa shape index (κ1) is 9.92. The number of carbonyl (C=O) groups excluding carboxylic acids is 1. The fourth-order valence-corrected chi connectivity index (χ4v) is 1.68. The predicted octanol–water partition coefficient (Wildman–Crippen LogP) is -0.473. The fourth-order valence-electron chi connectivity index (χ4n) is 1.68. The molecule has 5 heteroatoms. The summed E-state index contributed by atoms with van der Waals surface area (Å²) in [5.41, 5.74) is 0.103. The monoisotopic (exact) mass is 208 g/mol. The van der Waals surface area contributed by atoms with Gasteiger partial charge in [0.05, 0.1) is 6.10 Å². The maximum atomic E-state index is 11.8. The van der Waals surface area contributed by atoms with Gasteiger partial charge in [0.15, 0.2) is 6.20 Å². The second-order valence-corrected chi connectivity index (χ2v) is 3.61. The molecule has 0 aromatic carbocycles. The highest BCUT2D eigenvalue weighted by atomic mass is 16.5. The van der Waals surface area contributed by atoms with Crippen LogP contribution >= 0.6 is 0 Å². The smallest absolute Gasteiger partial charge is 0.320 e. The third-order valence-electron chi connectivity index (χ3n) is 2.49. The molecule has 0 bridgehead atoms. The van der Waals surface area contributed by atoms with Gasteiger partial charge in [-0.05, 0) is 12.5 Å². The van der Waals surface area contributed by atoms with E-state index in [-0.39, 0.29) is 11.6 Å². The molecule has 2 heterocycles. The third kappa shape index (κ3) is 1.92. The summed E-state index contributed by atoms with van der Waals surface area (Å²) in [6.07, 6.45) is 1.41. The maximum Gasteiger partial charge on any atom is 0.320 e. The Bertz CT molecular complexity index is 381. The number of carbonyl (C=O) groups is 1. The summed E-state index contributed by atoms with van der Waals surface area (Å²) in [5, 5.41) is 20.6. The Morgan fingerprint density at radius 3 is 3.00 bits per heavy atom. The van der Waals surface area contributed by atoms with E-state index in [1.807, 2.05) is 0 Å². The van der Waals surface area contributed by atoms with Crippen molar-refractivity contribution >= 4 is 5.91 Å². The molecule has 80 valence electrons. The molecule has 0 unspecified atom stereocenters. The molecular formula is C10H12N2O3. The van der Waals surface area contributed by atoms with Crippen molar-refractivity contribution < 1.29 is 14.6 Å². The largest absolute Gasteiger partial charge is 0.618 e. The van der Waals surface area contributed by atoms with E-state index in [9.17, 15) is 15.1 Å². The van der Waals surface area contributed by atoms with Gasteiger partial charge in [0.25, 0.3) is 5.69 Å². The zero-order valence-corrected chi connectivity index (χ0v) is 8.17. The lowest BCUT2D eigenvalue weighted by Crippen LogP contribution is -2.40. The molecule has 1 aromatic heterocycles. The summed E-state index contributed by atoms with van der Waals surface area (Å²) in [5.74, 6) is -0.317. The normalized spacial score (nSPS) is 20.6. The highest BCUT2D eigenvalue weighted by molar-refractivity contribution is 5.91. The molecule has 15 heavy (non-hydrogen) atoms. The van der Waals surface area contributed by atoms with Gasteiger partial charge < -0.3 is 15.2 Å². The molecule has 1 aliphatic rings. The van der Waals surface area contributed by atoms with Crippen molar-refractivity contribution in [3.05, 3.63) is 35.3 Å². The molecule has 1 aromatic rings. The molecule has 0 aliphatic carbocycles. The average molecular weight is 208 g/mol. The Morgan fingerprint density at radius 2 is 2.40 bits per heavy atom. The van der Waals surface area contributed by atoms with Crippen LogP contribution in [0.25, 0.3) is 0 Å². The molecule has 0 saturated carbocycles. The van der Waals surface area contributed by atoms with Gasteiger partial charge in [-0.3, -0.25) is 4.79 Å². The second-order valence-electron chi connectivity index (χ2n) is 3.61. The summed E-state index contributed by atoms with van der Waals surface area (Å²) >= 11 is 0. The molecule has 1 fully saturated rings. The van der Waals surface area contributed by atoms with Crippen molar-refractivity contribution in [1.82, 2.24) is 4.90 Å². The molecule has 1 aliphatic heterocycles. The topological polar surface area (TPSA) is 67.5 Å². The van der Waals surface area contributed by atoms with Gasteiger partial charge in [0.1, 0.15) is 0 Å². The van der Waals surface area contributed by atoms with Crippen LogP contribution in [0.5, 0.6) is 0 Å². The van der Waals surface area contributed by atoms with Crippen molar-refractivity contribution in [3.63, 3.8) is 0 Å². The van der Waals surface area contributed by atoms with Crippen LogP contribution < -0.4 is 4.73 Å². The Kier molecular flexibility index (Phi) is 2.55. The van der Waals surface area contributed by atoms with Gasteiger partial charge in [-0.1, -0.05) is 0 Å². The Hall–Kier alpha value is -1.62. The van der Waals surface area contributed by atoms with Crippen LogP contribution in [0.3, 0.4) is 0 Å². The molecule has 1 saturated heterocycles. The van der Waals surface area contributed by atoms with Crippen LogP contribution in [0.1, 0.15) is 16.9 Å². The molecule has 0 radical (unpaired) electrons. The van der Waals surface area contributed by atoms with Crippen LogP contribution in [0.4, 0.5) is 0 Å². The van der Waals surface area contributed by atoms with E-state index < -0.39 is 6.10 Å². The number of nitrogens with zero attached hydrogens (tertiary/aromatic N) is 2. The van der Waals surface area contributed by atoms with Crippen LogP contribution in [0, 0.1) is 5.21 Å². The first-order chi connectivity index (χ1) is 7.18. The zero-order valence-electron chi connectivity index (χ0n) is 8.17. The number of amides is 1. The number of aromatic nitrogens is 1. The summed E-state index contributed by atoms with van der Waals surface area (Å²) in [6, 6.07) is 4.71. The Balaban J connectivity index is 2.18. The number of hydrogen-bond donors (Lipinski definition) is 1. The number of aliphatic hydroxyl groups excluding tert-OH is 1. The predicted molar refractivity (Wildman–Crippen MR) is 51.9 cm³/mol. The van der Waals surface area contributed by atoms with Crippen LogP contribution in [0.2, 0.25) is 0 Å². The van der Waals surface area contributed by atoms with Crippen LogP contribution in [0.15, 0.2) is 24.4 Å². The van der Waals surface area contributed by atoms with Crippen molar-refractivity contribution in [3.8, 4) is 0 Å². The second kappa shape index (κ2) is 3.86. The van der Waals surface area contributed by atoms with Crippen LogP contribution in [-0.4, -0.2) is 35.1 Å². The van der Waals surface area contributed by atoms with E-state index in [1.54, 1.807) is 12.1 Å². The van der Waals surface area contributed by atoms with Crippen molar-refractivity contribution in [1.29, 1.82) is 0 Å². The lowest BCUT2D eigenvalue weighted by Gasteiger charge is -2.14. The number of aliphatic hydroxyl groups is 1.